The van der Waals surface area contributed by atoms with Gasteiger partial charge in [0.25, 0.3) is 0 Å². The third-order valence-corrected chi connectivity index (χ3v) is 1.62. The number of rotatable bonds is 3. The first-order valence-corrected chi connectivity index (χ1v) is 3.83. The molecule has 0 amide bonds. The molecule has 0 rings (SSSR count). The lowest BCUT2D eigenvalue weighted by atomic mass is 10.0. The zero-order valence-electron chi connectivity index (χ0n) is 8.01. The highest BCUT2D eigenvalue weighted by Crippen LogP contribution is 2.09. The quantitative estimate of drug-likeness (QED) is 0.500. The molecule has 66 valence electrons. The van der Waals surface area contributed by atoms with Gasteiger partial charge in [-0.25, -0.2) is 5.90 Å². The normalized spacial score (nSPS) is 14.3. The summed E-state index contributed by atoms with van der Waals surface area (Å²) in [5.74, 6) is 5.10. The van der Waals surface area contributed by atoms with Crippen LogP contribution in [-0.4, -0.2) is 17.4 Å². The van der Waals surface area contributed by atoms with Crippen LogP contribution in [0.2, 0.25) is 0 Å². The average molecular weight is 158 g/mol. The molecule has 0 aliphatic rings. The highest BCUT2D eigenvalue weighted by Gasteiger charge is 2.21. The lowest BCUT2D eigenvalue weighted by Crippen LogP contribution is -2.36. The van der Waals surface area contributed by atoms with Gasteiger partial charge in [0.05, 0.1) is 0 Å². The number of hydrogen-bond acceptors (Lipinski definition) is 3. The minimum Gasteiger partial charge on any atom is -0.293 e. The van der Waals surface area contributed by atoms with Gasteiger partial charge >= 0.3 is 0 Å². The van der Waals surface area contributed by atoms with Crippen LogP contribution in [0.25, 0.3) is 0 Å². The molecule has 0 radical (unpaired) electrons. The van der Waals surface area contributed by atoms with Crippen molar-refractivity contribution in [2.45, 2.75) is 46.3 Å². The van der Waals surface area contributed by atoms with E-state index in [1.165, 1.54) is 0 Å². The molecule has 0 saturated heterocycles. The van der Waals surface area contributed by atoms with Crippen molar-refractivity contribution in [2.24, 2.45) is 10.9 Å². The fraction of sp³-hybridized carbons (Fsp3) is 0.875. The largest absolute Gasteiger partial charge is 0.293 e. The molecule has 0 unspecified atom stereocenters. The minimum atomic E-state index is -0.440. The maximum absolute atomic E-state index is 5.10. The molecule has 0 aromatic heterocycles. The van der Waals surface area contributed by atoms with Gasteiger partial charge in [0.15, 0.2) is 0 Å². The summed E-state index contributed by atoms with van der Waals surface area (Å²) in [6.45, 7) is 9.77. The van der Waals surface area contributed by atoms with Crippen molar-refractivity contribution < 1.29 is 4.84 Å². The summed E-state index contributed by atoms with van der Waals surface area (Å²) >= 11 is 0. The first kappa shape index (κ1) is 10.6. The van der Waals surface area contributed by atoms with Gasteiger partial charge < -0.3 is 0 Å². The van der Waals surface area contributed by atoms with Crippen LogP contribution < -0.4 is 5.90 Å². The predicted molar refractivity (Wildman–Crippen MR) is 47.6 cm³/mol. The molecule has 0 aromatic rings. The Bertz CT molecular complexity index is 150. The van der Waals surface area contributed by atoms with Gasteiger partial charge in [0, 0.05) is 11.8 Å². The van der Waals surface area contributed by atoms with Crippen molar-refractivity contribution in [3.05, 3.63) is 0 Å². The van der Waals surface area contributed by atoms with E-state index in [9.17, 15) is 0 Å². The van der Waals surface area contributed by atoms with Crippen molar-refractivity contribution in [3.8, 4) is 0 Å². The predicted octanol–water partition coefficient (Wildman–Crippen LogP) is 1.52. The summed E-state index contributed by atoms with van der Waals surface area (Å²) < 4.78 is 0. The average Bonchev–Trinajstić information content (AvgIpc) is 1.86. The second kappa shape index (κ2) is 3.83. The van der Waals surface area contributed by atoms with Crippen LogP contribution in [0, 0.1) is 0 Å². The van der Waals surface area contributed by atoms with Gasteiger partial charge in [-0.15, -0.1) is 0 Å². The molecule has 0 atom stereocenters. The van der Waals surface area contributed by atoms with Gasteiger partial charge in [-0.1, -0.05) is 0 Å². The zero-order valence-corrected chi connectivity index (χ0v) is 8.01. The Hall–Kier alpha value is -0.410. The molecule has 2 N–H and O–H groups in total. The highest BCUT2D eigenvalue weighted by atomic mass is 16.6. The van der Waals surface area contributed by atoms with E-state index in [1.54, 1.807) is 0 Å². The molecule has 3 nitrogen and oxygen atoms in total. The third-order valence-electron chi connectivity index (χ3n) is 1.62. The Morgan fingerprint density at radius 3 is 2.18 bits per heavy atom. The first-order valence-electron chi connectivity index (χ1n) is 3.83. The maximum atomic E-state index is 5.10. The Labute approximate surface area is 68.6 Å². The SMILES string of the molecule is CC(=NC(C)C)C(C)(C)ON. The number of nitrogens with two attached hydrogens (primary N) is 1. The number of aliphatic imine (C=N–C) groups is 1. The van der Waals surface area contributed by atoms with E-state index in [2.05, 4.69) is 4.99 Å². The third kappa shape index (κ3) is 3.49. The van der Waals surface area contributed by atoms with E-state index >= 15 is 0 Å². The van der Waals surface area contributed by atoms with E-state index < -0.39 is 5.60 Å². The van der Waals surface area contributed by atoms with Crippen LogP contribution in [-0.2, 0) is 4.84 Å². The molecule has 0 aliphatic heterocycles. The molecule has 0 spiro atoms. The van der Waals surface area contributed by atoms with Gasteiger partial charge in [-0.05, 0) is 34.6 Å². The molecule has 0 heterocycles. The van der Waals surface area contributed by atoms with Crippen LogP contribution in [0.15, 0.2) is 4.99 Å². The lowest BCUT2D eigenvalue weighted by molar-refractivity contribution is 0.0335. The van der Waals surface area contributed by atoms with Crippen LogP contribution >= 0.6 is 0 Å². The smallest absolute Gasteiger partial charge is 0.121 e. The van der Waals surface area contributed by atoms with E-state index in [4.69, 9.17) is 10.7 Å². The zero-order chi connectivity index (χ0) is 9.07. The Morgan fingerprint density at radius 1 is 1.45 bits per heavy atom. The maximum Gasteiger partial charge on any atom is 0.121 e. The molecule has 11 heavy (non-hydrogen) atoms. The van der Waals surface area contributed by atoms with E-state index in [0.29, 0.717) is 6.04 Å². The summed E-state index contributed by atoms with van der Waals surface area (Å²) in [5.41, 5.74) is 0.486. The van der Waals surface area contributed by atoms with Crippen molar-refractivity contribution in [2.75, 3.05) is 0 Å². The van der Waals surface area contributed by atoms with E-state index in [1.807, 2.05) is 34.6 Å². The van der Waals surface area contributed by atoms with E-state index in [-0.39, 0.29) is 0 Å². The minimum absolute atomic E-state index is 0.296. The molecule has 0 aromatic carbocycles. The molecule has 0 aliphatic carbocycles. The summed E-state index contributed by atoms with van der Waals surface area (Å²) in [5, 5.41) is 0. The van der Waals surface area contributed by atoms with Gasteiger partial charge in [0.1, 0.15) is 5.60 Å². The van der Waals surface area contributed by atoms with Gasteiger partial charge in [-0.3, -0.25) is 9.83 Å². The Morgan fingerprint density at radius 2 is 1.91 bits per heavy atom. The first-order chi connectivity index (χ1) is 4.90. The molecular weight excluding hydrogens is 140 g/mol. The Kier molecular flexibility index (Phi) is 3.69. The second-order valence-corrected chi connectivity index (χ2v) is 3.44. The monoisotopic (exact) mass is 158 g/mol. The lowest BCUT2D eigenvalue weighted by Gasteiger charge is -2.22. The van der Waals surface area contributed by atoms with E-state index in [0.717, 1.165) is 5.71 Å². The van der Waals surface area contributed by atoms with Crippen LogP contribution in [0.1, 0.15) is 34.6 Å². The number of nitrogens with zero attached hydrogens (tertiary/aromatic N) is 1. The fourth-order valence-electron chi connectivity index (χ4n) is 0.628. The van der Waals surface area contributed by atoms with Gasteiger partial charge in [-0.2, -0.15) is 0 Å². The molecule has 0 saturated carbocycles. The highest BCUT2D eigenvalue weighted by molar-refractivity contribution is 5.89. The molecule has 3 heteroatoms. The summed E-state index contributed by atoms with van der Waals surface area (Å²) in [6.07, 6.45) is 0. The second-order valence-electron chi connectivity index (χ2n) is 3.44. The van der Waals surface area contributed by atoms with Crippen molar-refractivity contribution >= 4 is 5.71 Å². The standard InChI is InChI=1S/C8H18N2O/c1-6(2)10-7(3)8(4,5)11-9/h6H,9H2,1-5H3. The van der Waals surface area contributed by atoms with Crippen LogP contribution in [0.5, 0.6) is 0 Å². The van der Waals surface area contributed by atoms with Crippen LogP contribution in [0.4, 0.5) is 0 Å². The summed E-state index contributed by atoms with van der Waals surface area (Å²) in [6, 6.07) is 0.296. The molecule has 0 bridgehead atoms. The molecule has 0 fully saturated rings. The number of hydrogen-bond donors (Lipinski definition) is 1. The van der Waals surface area contributed by atoms with Crippen molar-refractivity contribution in [3.63, 3.8) is 0 Å². The topological polar surface area (TPSA) is 47.6 Å². The Balaban J connectivity index is 4.33. The fourth-order valence-corrected chi connectivity index (χ4v) is 0.628. The van der Waals surface area contributed by atoms with Gasteiger partial charge in [0.2, 0.25) is 0 Å². The van der Waals surface area contributed by atoms with Crippen molar-refractivity contribution in [1.29, 1.82) is 0 Å². The summed E-state index contributed by atoms with van der Waals surface area (Å²) in [4.78, 5) is 9.10. The molecular formula is C8H18N2O. The van der Waals surface area contributed by atoms with Crippen LogP contribution in [0.3, 0.4) is 0 Å². The van der Waals surface area contributed by atoms with Crippen molar-refractivity contribution in [1.82, 2.24) is 0 Å². The summed E-state index contributed by atoms with van der Waals surface area (Å²) in [7, 11) is 0.